The number of nitrogens with zero attached hydrogens (tertiary/aromatic N) is 1. The van der Waals surface area contributed by atoms with Crippen LogP contribution in [0.25, 0.3) is 0 Å². The second-order valence-electron chi connectivity index (χ2n) is 5.81. The molecule has 0 amide bonds. The molecule has 3 fully saturated rings. The molecular formula is C12H20F2N2O. The third kappa shape index (κ3) is 2.09. The van der Waals surface area contributed by atoms with Gasteiger partial charge in [-0.05, 0) is 19.9 Å². The van der Waals surface area contributed by atoms with Crippen LogP contribution in [0.4, 0.5) is 8.78 Å². The Morgan fingerprint density at radius 3 is 2.82 bits per heavy atom. The number of likely N-dealkylation sites (tertiary alicyclic amines) is 1. The molecule has 0 aromatic rings. The van der Waals surface area contributed by atoms with E-state index >= 15 is 0 Å². The van der Waals surface area contributed by atoms with Gasteiger partial charge in [-0.1, -0.05) is 0 Å². The zero-order valence-corrected chi connectivity index (χ0v) is 10.2. The second kappa shape index (κ2) is 3.87. The number of halogens is 2. The van der Waals surface area contributed by atoms with Crippen molar-refractivity contribution in [3.63, 3.8) is 0 Å². The lowest BCUT2D eigenvalue weighted by atomic mass is 9.87. The summed E-state index contributed by atoms with van der Waals surface area (Å²) in [4.78, 5) is 2.23. The van der Waals surface area contributed by atoms with Gasteiger partial charge >= 0.3 is 0 Å². The van der Waals surface area contributed by atoms with E-state index in [-0.39, 0.29) is 18.1 Å². The van der Waals surface area contributed by atoms with Gasteiger partial charge in [-0.2, -0.15) is 0 Å². The fraction of sp³-hybridized carbons (Fsp3) is 1.00. The zero-order chi connectivity index (χ0) is 12.1. The molecule has 1 saturated carbocycles. The minimum atomic E-state index is -2.41. The average Bonchev–Trinajstić information content (AvgIpc) is 2.68. The smallest absolute Gasteiger partial charge is 0.251 e. The molecule has 3 aliphatic rings. The van der Waals surface area contributed by atoms with Gasteiger partial charge in [0.25, 0.3) is 5.92 Å². The number of ether oxygens (including phenoxy) is 1. The van der Waals surface area contributed by atoms with Crippen molar-refractivity contribution in [1.29, 1.82) is 0 Å². The summed E-state index contributed by atoms with van der Waals surface area (Å²) in [6.07, 6.45) is 1.58. The molecular weight excluding hydrogens is 226 g/mol. The van der Waals surface area contributed by atoms with Gasteiger partial charge in [-0.15, -0.1) is 0 Å². The Morgan fingerprint density at radius 2 is 2.24 bits per heavy atom. The summed E-state index contributed by atoms with van der Waals surface area (Å²) in [5, 5.41) is 3.40. The van der Waals surface area contributed by atoms with E-state index in [1.807, 2.05) is 0 Å². The zero-order valence-electron chi connectivity index (χ0n) is 10.2. The number of nitrogens with one attached hydrogen (secondary N) is 1. The SMILES string of the molecule is CN1CCC2(C1)OCCNC2CC1CC1(F)F. The van der Waals surface area contributed by atoms with E-state index in [9.17, 15) is 8.78 Å². The topological polar surface area (TPSA) is 24.5 Å². The van der Waals surface area contributed by atoms with E-state index in [2.05, 4.69) is 17.3 Å². The van der Waals surface area contributed by atoms with Gasteiger partial charge < -0.3 is 15.0 Å². The van der Waals surface area contributed by atoms with Crippen molar-refractivity contribution in [3.05, 3.63) is 0 Å². The van der Waals surface area contributed by atoms with Gasteiger partial charge in [0, 0.05) is 38.0 Å². The molecule has 3 nitrogen and oxygen atoms in total. The lowest BCUT2D eigenvalue weighted by molar-refractivity contribution is -0.0922. The van der Waals surface area contributed by atoms with Crippen molar-refractivity contribution in [2.24, 2.45) is 5.92 Å². The number of morpholine rings is 1. The Hall–Kier alpha value is -0.260. The van der Waals surface area contributed by atoms with E-state index in [4.69, 9.17) is 4.74 Å². The first kappa shape index (κ1) is 11.8. The van der Waals surface area contributed by atoms with Gasteiger partial charge in [-0.25, -0.2) is 8.78 Å². The first-order valence-electron chi connectivity index (χ1n) is 6.46. The molecule has 98 valence electrons. The van der Waals surface area contributed by atoms with Crippen molar-refractivity contribution in [2.45, 2.75) is 36.8 Å². The van der Waals surface area contributed by atoms with E-state index in [0.717, 1.165) is 26.1 Å². The summed E-state index contributed by atoms with van der Waals surface area (Å²) in [7, 11) is 2.06. The molecule has 0 aromatic heterocycles. The molecule has 3 atom stereocenters. The number of likely N-dealkylation sites (N-methyl/N-ethyl adjacent to an activating group) is 1. The van der Waals surface area contributed by atoms with Gasteiger partial charge in [-0.3, -0.25) is 0 Å². The highest BCUT2D eigenvalue weighted by Crippen LogP contribution is 2.52. The molecule has 1 aliphatic carbocycles. The molecule has 1 N–H and O–H groups in total. The number of alkyl halides is 2. The van der Waals surface area contributed by atoms with Gasteiger partial charge in [0.2, 0.25) is 0 Å². The van der Waals surface area contributed by atoms with Crippen molar-refractivity contribution >= 4 is 0 Å². The maximum absolute atomic E-state index is 13.0. The lowest BCUT2D eigenvalue weighted by Crippen LogP contribution is -2.59. The largest absolute Gasteiger partial charge is 0.371 e. The molecule has 2 aliphatic heterocycles. The van der Waals surface area contributed by atoms with E-state index in [0.29, 0.717) is 13.0 Å². The van der Waals surface area contributed by atoms with Crippen molar-refractivity contribution in [1.82, 2.24) is 10.2 Å². The maximum atomic E-state index is 13.0. The van der Waals surface area contributed by atoms with Crippen molar-refractivity contribution in [3.8, 4) is 0 Å². The highest BCUT2D eigenvalue weighted by molar-refractivity contribution is 5.06. The van der Waals surface area contributed by atoms with Crippen LogP contribution in [0.3, 0.4) is 0 Å². The van der Waals surface area contributed by atoms with Crippen LogP contribution >= 0.6 is 0 Å². The predicted molar refractivity (Wildman–Crippen MR) is 60.3 cm³/mol. The number of hydrogen-bond acceptors (Lipinski definition) is 3. The van der Waals surface area contributed by atoms with Crippen molar-refractivity contribution < 1.29 is 13.5 Å². The van der Waals surface area contributed by atoms with Gasteiger partial charge in [0.1, 0.15) is 0 Å². The Kier molecular flexibility index (Phi) is 2.69. The van der Waals surface area contributed by atoms with Crippen LogP contribution in [0.15, 0.2) is 0 Å². The molecule has 1 spiro atoms. The standard InChI is InChI=1S/C12H20F2N2O/c1-16-4-2-11(8-16)10(15-3-5-17-11)6-9-7-12(9,13)14/h9-10,15H,2-8H2,1H3. The molecule has 2 heterocycles. The normalized spacial score (nSPS) is 45.4. The highest BCUT2D eigenvalue weighted by atomic mass is 19.3. The molecule has 0 radical (unpaired) electrons. The fourth-order valence-corrected chi connectivity index (χ4v) is 3.28. The molecule has 2 saturated heterocycles. The van der Waals surface area contributed by atoms with Gasteiger partial charge in [0.15, 0.2) is 0 Å². The fourth-order valence-electron chi connectivity index (χ4n) is 3.28. The van der Waals surface area contributed by atoms with Crippen LogP contribution in [-0.4, -0.2) is 55.8 Å². The van der Waals surface area contributed by atoms with Crippen LogP contribution < -0.4 is 5.32 Å². The monoisotopic (exact) mass is 246 g/mol. The summed E-state index contributed by atoms with van der Waals surface area (Å²) in [6, 6.07) is 0.0968. The second-order valence-corrected chi connectivity index (χ2v) is 5.81. The summed E-state index contributed by atoms with van der Waals surface area (Å²) in [5.74, 6) is -2.84. The van der Waals surface area contributed by atoms with Crippen molar-refractivity contribution in [2.75, 3.05) is 33.3 Å². The summed E-state index contributed by atoms with van der Waals surface area (Å²) in [5.41, 5.74) is -0.217. The summed E-state index contributed by atoms with van der Waals surface area (Å²) in [6.45, 7) is 3.35. The summed E-state index contributed by atoms with van der Waals surface area (Å²) < 4.78 is 32.0. The van der Waals surface area contributed by atoms with Gasteiger partial charge in [0.05, 0.1) is 12.2 Å². The Balaban J connectivity index is 1.68. The minimum Gasteiger partial charge on any atom is -0.371 e. The van der Waals surface area contributed by atoms with E-state index in [1.165, 1.54) is 0 Å². The maximum Gasteiger partial charge on any atom is 0.251 e. The van der Waals surface area contributed by atoms with Crippen LogP contribution in [-0.2, 0) is 4.74 Å². The third-order valence-corrected chi connectivity index (χ3v) is 4.45. The first-order chi connectivity index (χ1) is 8.02. The molecule has 3 rings (SSSR count). The van der Waals surface area contributed by atoms with E-state index < -0.39 is 11.8 Å². The third-order valence-electron chi connectivity index (χ3n) is 4.45. The minimum absolute atomic E-state index is 0.0666. The number of rotatable bonds is 2. The Morgan fingerprint density at radius 1 is 1.47 bits per heavy atom. The van der Waals surface area contributed by atoms with Crippen LogP contribution in [0.2, 0.25) is 0 Å². The molecule has 3 unspecified atom stereocenters. The molecule has 5 heteroatoms. The molecule has 0 bridgehead atoms. The molecule has 0 aromatic carbocycles. The van der Waals surface area contributed by atoms with Crippen LogP contribution in [0.1, 0.15) is 19.3 Å². The number of hydrogen-bond donors (Lipinski definition) is 1. The lowest BCUT2D eigenvalue weighted by Gasteiger charge is -2.42. The molecule has 17 heavy (non-hydrogen) atoms. The average molecular weight is 246 g/mol. The van der Waals surface area contributed by atoms with Crippen LogP contribution in [0, 0.1) is 5.92 Å². The Bertz CT molecular complexity index is 309. The predicted octanol–water partition coefficient (Wildman–Crippen LogP) is 1.09. The summed E-state index contributed by atoms with van der Waals surface area (Å²) >= 11 is 0. The quantitative estimate of drug-likeness (QED) is 0.789. The van der Waals surface area contributed by atoms with Crippen LogP contribution in [0.5, 0.6) is 0 Å². The first-order valence-corrected chi connectivity index (χ1v) is 6.46. The Labute approximate surface area is 100 Å². The highest BCUT2D eigenvalue weighted by Gasteiger charge is 2.59. The van der Waals surface area contributed by atoms with E-state index in [1.54, 1.807) is 0 Å².